The number of fused-ring (bicyclic) bond motifs is 1. The van der Waals surface area contributed by atoms with Crippen LogP contribution in [0.4, 0.5) is 5.69 Å². The molecule has 29 heavy (non-hydrogen) atoms. The number of hydrogen-bond acceptors (Lipinski definition) is 6. The molecule has 2 N–H and O–H groups in total. The molecule has 3 rings (SSSR count). The van der Waals surface area contributed by atoms with Gasteiger partial charge < -0.3 is 10.3 Å². The lowest BCUT2D eigenvalue weighted by molar-refractivity contribution is -0.136. The predicted molar refractivity (Wildman–Crippen MR) is 109 cm³/mol. The fourth-order valence-electron chi connectivity index (χ4n) is 3.76. The van der Waals surface area contributed by atoms with Crippen molar-refractivity contribution in [3.8, 4) is 0 Å². The molecule has 8 nitrogen and oxygen atoms in total. The zero-order valence-electron chi connectivity index (χ0n) is 16.4. The van der Waals surface area contributed by atoms with Crippen LogP contribution in [0.25, 0.3) is 0 Å². The van der Waals surface area contributed by atoms with Crippen LogP contribution >= 0.6 is 0 Å². The number of imide groups is 2. The van der Waals surface area contributed by atoms with Gasteiger partial charge in [0.2, 0.25) is 11.8 Å². The number of amides is 4. The second kappa shape index (κ2) is 9.45. The first-order valence-electron chi connectivity index (χ1n) is 10.1. The molecular weight excluding hydrogens is 372 g/mol. The van der Waals surface area contributed by atoms with Gasteiger partial charge in [-0.2, -0.15) is 0 Å². The van der Waals surface area contributed by atoms with Gasteiger partial charge in [-0.3, -0.25) is 29.4 Å². The molecule has 0 spiro atoms. The van der Waals surface area contributed by atoms with E-state index in [0.29, 0.717) is 23.4 Å². The van der Waals surface area contributed by atoms with Crippen molar-refractivity contribution in [2.45, 2.75) is 51.0 Å². The van der Waals surface area contributed by atoms with Gasteiger partial charge >= 0.3 is 0 Å². The second-order valence-electron chi connectivity index (χ2n) is 7.32. The summed E-state index contributed by atoms with van der Waals surface area (Å²) >= 11 is 0. The Kier molecular flexibility index (Phi) is 6.74. The van der Waals surface area contributed by atoms with Crippen molar-refractivity contribution in [1.29, 1.82) is 0 Å². The Balaban J connectivity index is 1.62. The minimum Gasteiger partial charge on any atom is -0.384 e. The Morgan fingerprint density at radius 1 is 1.07 bits per heavy atom. The predicted octanol–water partition coefficient (Wildman–Crippen LogP) is 2.15. The standard InChI is InChI=1S/C21H26N4O4/c1-22-12-5-3-2-4-6-13-23-15-9-7-8-14-18(15)21(29)25(20(14)28)16-10-11-17(26)24-19(16)27/h7-9,16,23H,1-6,10-13H2,(H,24,26,27). The van der Waals surface area contributed by atoms with Crippen LogP contribution in [0.1, 0.15) is 65.7 Å². The summed E-state index contributed by atoms with van der Waals surface area (Å²) in [5.74, 6) is -1.96. The number of nitrogens with one attached hydrogen (secondary N) is 2. The number of carbonyl (C=O) groups is 4. The lowest BCUT2D eigenvalue weighted by Gasteiger charge is -2.27. The van der Waals surface area contributed by atoms with Gasteiger partial charge in [0.05, 0.1) is 11.1 Å². The zero-order valence-corrected chi connectivity index (χ0v) is 16.4. The fourth-order valence-corrected chi connectivity index (χ4v) is 3.76. The molecule has 0 bridgehead atoms. The molecule has 154 valence electrons. The summed E-state index contributed by atoms with van der Waals surface area (Å²) in [4.78, 5) is 54.1. The van der Waals surface area contributed by atoms with Gasteiger partial charge in [0.15, 0.2) is 0 Å². The van der Waals surface area contributed by atoms with Crippen LogP contribution in [0.3, 0.4) is 0 Å². The molecule has 1 atom stereocenters. The lowest BCUT2D eigenvalue weighted by Crippen LogP contribution is -2.54. The summed E-state index contributed by atoms with van der Waals surface area (Å²) in [6.07, 6.45) is 5.56. The molecule has 0 saturated carbocycles. The van der Waals surface area contributed by atoms with Gasteiger partial charge in [-0.25, -0.2) is 0 Å². The average molecular weight is 398 g/mol. The van der Waals surface area contributed by atoms with Crippen LogP contribution < -0.4 is 10.6 Å². The molecule has 1 unspecified atom stereocenters. The molecular formula is C21H26N4O4. The number of aliphatic imine (C=N–C) groups is 1. The van der Waals surface area contributed by atoms with E-state index in [9.17, 15) is 19.2 Å². The minimum atomic E-state index is -0.946. The first-order chi connectivity index (χ1) is 14.0. The third kappa shape index (κ3) is 4.52. The number of unbranched alkanes of at least 4 members (excludes halogenated alkanes) is 4. The SMILES string of the molecule is C=NCCCCCCCNc1cccc2c1C(=O)N(C1CCC(=O)NC1=O)C2=O. The number of piperidine rings is 1. The molecule has 1 fully saturated rings. The first-order valence-corrected chi connectivity index (χ1v) is 10.1. The molecule has 1 saturated heterocycles. The summed E-state index contributed by atoms with van der Waals surface area (Å²) in [5, 5.41) is 5.46. The Morgan fingerprint density at radius 3 is 2.59 bits per heavy atom. The maximum Gasteiger partial charge on any atom is 0.264 e. The van der Waals surface area contributed by atoms with Crippen molar-refractivity contribution >= 4 is 36.0 Å². The highest BCUT2D eigenvalue weighted by atomic mass is 16.2. The van der Waals surface area contributed by atoms with Crippen molar-refractivity contribution in [2.24, 2.45) is 4.99 Å². The molecule has 0 aliphatic carbocycles. The maximum atomic E-state index is 13.0. The summed E-state index contributed by atoms with van der Waals surface area (Å²) in [6, 6.07) is 4.15. The van der Waals surface area contributed by atoms with Crippen LogP contribution in [0.15, 0.2) is 23.2 Å². The lowest BCUT2D eigenvalue weighted by atomic mass is 10.0. The van der Waals surface area contributed by atoms with Gasteiger partial charge in [0.1, 0.15) is 6.04 Å². The van der Waals surface area contributed by atoms with Crippen molar-refractivity contribution in [1.82, 2.24) is 10.2 Å². The Hall–Kier alpha value is -3.03. The Bertz CT molecular complexity index is 836. The van der Waals surface area contributed by atoms with Crippen molar-refractivity contribution < 1.29 is 19.2 Å². The highest BCUT2D eigenvalue weighted by molar-refractivity contribution is 6.25. The van der Waals surface area contributed by atoms with Crippen LogP contribution in [-0.4, -0.2) is 54.4 Å². The summed E-state index contributed by atoms with van der Waals surface area (Å²) in [5.41, 5.74) is 1.20. The first kappa shape index (κ1) is 20.7. The van der Waals surface area contributed by atoms with Crippen LogP contribution in [0, 0.1) is 0 Å². The highest BCUT2D eigenvalue weighted by Gasteiger charge is 2.45. The van der Waals surface area contributed by atoms with Crippen LogP contribution in [-0.2, 0) is 9.59 Å². The topological polar surface area (TPSA) is 108 Å². The van der Waals surface area contributed by atoms with Gasteiger partial charge in [-0.15, -0.1) is 0 Å². The number of carbonyl (C=O) groups excluding carboxylic acids is 4. The van der Waals surface area contributed by atoms with Crippen molar-refractivity contribution in [2.75, 3.05) is 18.4 Å². The van der Waals surface area contributed by atoms with Crippen LogP contribution in [0.2, 0.25) is 0 Å². The number of benzene rings is 1. The third-order valence-corrected chi connectivity index (χ3v) is 5.28. The summed E-state index contributed by atoms with van der Waals surface area (Å²) in [7, 11) is 0. The van der Waals surface area contributed by atoms with E-state index in [4.69, 9.17) is 0 Å². The third-order valence-electron chi connectivity index (χ3n) is 5.28. The maximum absolute atomic E-state index is 13.0. The fraction of sp³-hybridized carbons (Fsp3) is 0.476. The quantitative estimate of drug-likeness (QED) is 0.357. The Morgan fingerprint density at radius 2 is 1.83 bits per heavy atom. The monoisotopic (exact) mass is 398 g/mol. The van der Waals surface area contributed by atoms with E-state index in [1.807, 2.05) is 0 Å². The van der Waals surface area contributed by atoms with Gasteiger partial charge in [0, 0.05) is 25.2 Å². The molecule has 1 aromatic carbocycles. The van der Waals surface area contributed by atoms with Crippen molar-refractivity contribution in [3.63, 3.8) is 0 Å². The van der Waals surface area contributed by atoms with E-state index in [0.717, 1.165) is 43.5 Å². The molecule has 8 heteroatoms. The molecule has 2 aliphatic rings. The second-order valence-corrected chi connectivity index (χ2v) is 7.32. The molecule has 2 aliphatic heterocycles. The van der Waals surface area contributed by atoms with Gasteiger partial charge in [-0.05, 0) is 38.1 Å². The number of anilines is 1. The van der Waals surface area contributed by atoms with E-state index in [1.54, 1.807) is 18.2 Å². The van der Waals surface area contributed by atoms with Gasteiger partial charge in [-0.1, -0.05) is 25.3 Å². The van der Waals surface area contributed by atoms with E-state index in [2.05, 4.69) is 22.3 Å². The largest absolute Gasteiger partial charge is 0.384 e. The van der Waals surface area contributed by atoms with Crippen molar-refractivity contribution in [3.05, 3.63) is 29.3 Å². The summed E-state index contributed by atoms with van der Waals surface area (Å²) < 4.78 is 0. The normalized spacial score (nSPS) is 18.6. The van der Waals surface area contributed by atoms with Gasteiger partial charge in [0.25, 0.3) is 11.8 Å². The Labute approximate surface area is 169 Å². The van der Waals surface area contributed by atoms with E-state index < -0.39 is 23.8 Å². The molecule has 4 amide bonds. The van der Waals surface area contributed by atoms with E-state index >= 15 is 0 Å². The average Bonchev–Trinajstić information content (AvgIpc) is 2.95. The molecule has 0 aromatic heterocycles. The van der Waals surface area contributed by atoms with E-state index in [-0.39, 0.29) is 18.7 Å². The molecule has 1 aromatic rings. The smallest absolute Gasteiger partial charge is 0.264 e. The minimum absolute atomic E-state index is 0.109. The number of rotatable bonds is 10. The zero-order chi connectivity index (χ0) is 20.8. The summed E-state index contributed by atoms with van der Waals surface area (Å²) in [6.45, 7) is 4.96. The van der Waals surface area contributed by atoms with Crippen LogP contribution in [0.5, 0.6) is 0 Å². The van der Waals surface area contributed by atoms with E-state index in [1.165, 1.54) is 0 Å². The number of nitrogens with zero attached hydrogens (tertiary/aromatic N) is 2. The molecule has 0 radical (unpaired) electrons. The number of hydrogen-bond donors (Lipinski definition) is 2. The molecule has 2 heterocycles. The highest BCUT2D eigenvalue weighted by Crippen LogP contribution is 2.32.